The van der Waals surface area contributed by atoms with E-state index >= 15 is 0 Å². The molecule has 3 aromatic rings. The van der Waals surface area contributed by atoms with Crippen LogP contribution >= 0.6 is 0 Å². The quantitative estimate of drug-likeness (QED) is 0.550. The Kier molecular flexibility index (Phi) is 6.20. The highest BCUT2D eigenvalue weighted by molar-refractivity contribution is 7.91. The average Bonchev–Trinajstić information content (AvgIpc) is 3.37. The van der Waals surface area contributed by atoms with Gasteiger partial charge in [-0.25, -0.2) is 13.4 Å². The first-order valence-electron chi connectivity index (χ1n) is 10.7. The van der Waals surface area contributed by atoms with Crippen molar-refractivity contribution in [3.05, 3.63) is 47.9 Å². The molecule has 0 radical (unpaired) electrons. The highest BCUT2D eigenvalue weighted by Crippen LogP contribution is 2.26. The third-order valence-electron chi connectivity index (χ3n) is 5.99. The van der Waals surface area contributed by atoms with Crippen LogP contribution in [0, 0.1) is 6.92 Å². The van der Waals surface area contributed by atoms with Gasteiger partial charge in [0.2, 0.25) is 5.89 Å². The molecule has 0 N–H and O–H groups in total. The van der Waals surface area contributed by atoms with Crippen molar-refractivity contribution >= 4 is 9.84 Å². The van der Waals surface area contributed by atoms with Crippen molar-refractivity contribution in [2.45, 2.75) is 51.1 Å². The van der Waals surface area contributed by atoms with E-state index in [4.69, 9.17) is 9.40 Å². The number of hydrogen-bond acceptors (Lipinski definition) is 7. The van der Waals surface area contributed by atoms with Crippen LogP contribution in [-0.2, 0) is 16.3 Å². The molecule has 3 heterocycles. The van der Waals surface area contributed by atoms with Gasteiger partial charge in [-0.3, -0.25) is 0 Å². The summed E-state index contributed by atoms with van der Waals surface area (Å²) in [5.41, 5.74) is 3.37. The predicted molar refractivity (Wildman–Crippen MR) is 119 cm³/mol. The highest BCUT2D eigenvalue weighted by atomic mass is 32.2. The molecule has 1 aliphatic rings. The Hall–Kier alpha value is -2.58. The molecule has 31 heavy (non-hydrogen) atoms. The lowest BCUT2D eigenvalue weighted by Crippen LogP contribution is -2.29. The Bertz CT molecular complexity index is 1140. The number of hydrogen-bond donors (Lipinski definition) is 0. The normalized spacial score (nSPS) is 17.3. The van der Waals surface area contributed by atoms with E-state index in [1.165, 1.54) is 25.5 Å². The minimum Gasteiger partial charge on any atom is -0.441 e. The van der Waals surface area contributed by atoms with E-state index in [0.29, 0.717) is 17.6 Å². The van der Waals surface area contributed by atoms with Gasteiger partial charge >= 0.3 is 0 Å². The molecule has 1 atom stereocenters. The molecular formula is C23H28N4O3S. The summed E-state index contributed by atoms with van der Waals surface area (Å²) in [4.78, 5) is 7.24. The molecule has 1 aliphatic heterocycles. The van der Waals surface area contributed by atoms with Gasteiger partial charge in [0.15, 0.2) is 14.9 Å². The Morgan fingerprint density at radius 2 is 1.84 bits per heavy atom. The van der Waals surface area contributed by atoms with Gasteiger partial charge < -0.3 is 9.32 Å². The van der Waals surface area contributed by atoms with E-state index in [2.05, 4.69) is 22.0 Å². The van der Waals surface area contributed by atoms with Crippen LogP contribution in [0.1, 0.15) is 38.1 Å². The van der Waals surface area contributed by atoms with Crippen LogP contribution in [-0.4, -0.2) is 53.4 Å². The molecule has 8 heteroatoms. The van der Waals surface area contributed by atoms with Crippen LogP contribution in [0.4, 0.5) is 0 Å². The van der Waals surface area contributed by atoms with Gasteiger partial charge in [-0.15, -0.1) is 10.2 Å². The number of oxazole rings is 1. The minimum absolute atomic E-state index is 0.00137. The monoisotopic (exact) mass is 440 g/mol. The van der Waals surface area contributed by atoms with Crippen molar-refractivity contribution < 1.29 is 12.8 Å². The van der Waals surface area contributed by atoms with Gasteiger partial charge in [-0.2, -0.15) is 0 Å². The number of likely N-dealkylation sites (tertiary alicyclic amines) is 1. The van der Waals surface area contributed by atoms with Gasteiger partial charge in [-0.1, -0.05) is 19.1 Å². The van der Waals surface area contributed by atoms with Crippen LogP contribution in [0.3, 0.4) is 0 Å². The second kappa shape index (κ2) is 8.88. The first-order chi connectivity index (χ1) is 14.9. The van der Waals surface area contributed by atoms with Crippen LogP contribution in [0.5, 0.6) is 0 Å². The Morgan fingerprint density at radius 1 is 1.10 bits per heavy atom. The van der Waals surface area contributed by atoms with E-state index in [9.17, 15) is 8.42 Å². The first kappa shape index (κ1) is 21.6. The second-order valence-electron chi connectivity index (χ2n) is 8.04. The van der Waals surface area contributed by atoms with Gasteiger partial charge in [0, 0.05) is 30.1 Å². The second-order valence-corrected chi connectivity index (χ2v) is 10.3. The lowest BCUT2D eigenvalue weighted by atomic mass is 10.1. The molecule has 1 unspecified atom stereocenters. The summed E-state index contributed by atoms with van der Waals surface area (Å²) in [7, 11) is -3.35. The SMILES string of the molecule is CCS(=O)(=O)c1ccc(-c2ccc(-c3nc(CCN4CCCC4C)c(C)o3)cc2)nn1. The van der Waals surface area contributed by atoms with Gasteiger partial charge in [0.25, 0.3) is 0 Å². The molecular weight excluding hydrogens is 412 g/mol. The molecule has 0 spiro atoms. The molecule has 2 aromatic heterocycles. The average molecular weight is 441 g/mol. The summed E-state index contributed by atoms with van der Waals surface area (Å²) in [6.45, 7) is 8.02. The Morgan fingerprint density at radius 3 is 2.45 bits per heavy atom. The number of sulfone groups is 1. The molecule has 1 saturated heterocycles. The van der Waals surface area contributed by atoms with Crippen molar-refractivity contribution in [2.24, 2.45) is 0 Å². The molecule has 1 aromatic carbocycles. The lowest BCUT2D eigenvalue weighted by molar-refractivity contribution is 0.271. The molecule has 0 bridgehead atoms. The van der Waals surface area contributed by atoms with E-state index in [1.807, 2.05) is 31.2 Å². The van der Waals surface area contributed by atoms with E-state index in [1.54, 1.807) is 13.0 Å². The van der Waals surface area contributed by atoms with Crippen molar-refractivity contribution in [1.82, 2.24) is 20.1 Å². The van der Waals surface area contributed by atoms with E-state index < -0.39 is 9.84 Å². The first-order valence-corrected chi connectivity index (χ1v) is 12.4. The maximum absolute atomic E-state index is 11.9. The zero-order valence-corrected chi connectivity index (χ0v) is 19.0. The minimum atomic E-state index is -3.35. The van der Waals surface area contributed by atoms with Crippen LogP contribution in [0.2, 0.25) is 0 Å². The summed E-state index contributed by atoms with van der Waals surface area (Å²) >= 11 is 0. The third-order valence-corrected chi connectivity index (χ3v) is 7.60. The summed E-state index contributed by atoms with van der Waals surface area (Å²) < 4.78 is 29.7. The fourth-order valence-electron chi connectivity index (χ4n) is 3.93. The van der Waals surface area contributed by atoms with E-state index in [-0.39, 0.29) is 10.8 Å². The lowest BCUT2D eigenvalue weighted by Gasteiger charge is -2.20. The molecule has 1 fully saturated rings. The molecule has 0 saturated carbocycles. The molecule has 4 rings (SSSR count). The Labute approximate surface area is 183 Å². The van der Waals surface area contributed by atoms with Crippen molar-refractivity contribution in [1.29, 1.82) is 0 Å². The van der Waals surface area contributed by atoms with Crippen LogP contribution in [0.25, 0.3) is 22.7 Å². The zero-order valence-electron chi connectivity index (χ0n) is 18.2. The van der Waals surface area contributed by atoms with Crippen LogP contribution in [0.15, 0.2) is 45.8 Å². The predicted octanol–water partition coefficient (Wildman–Crippen LogP) is 3.93. The van der Waals surface area contributed by atoms with Crippen molar-refractivity contribution in [2.75, 3.05) is 18.8 Å². The van der Waals surface area contributed by atoms with E-state index in [0.717, 1.165) is 35.5 Å². The highest BCUT2D eigenvalue weighted by Gasteiger charge is 2.21. The molecule has 0 amide bonds. The van der Waals surface area contributed by atoms with Crippen molar-refractivity contribution in [3.63, 3.8) is 0 Å². The molecule has 164 valence electrons. The summed E-state index contributed by atoms with van der Waals surface area (Å²) in [5, 5.41) is 7.96. The smallest absolute Gasteiger partial charge is 0.226 e. The number of benzene rings is 1. The number of nitrogens with zero attached hydrogens (tertiary/aromatic N) is 4. The topological polar surface area (TPSA) is 89.2 Å². The van der Waals surface area contributed by atoms with Gasteiger partial charge in [-0.05, 0) is 57.5 Å². The third kappa shape index (κ3) is 4.70. The van der Waals surface area contributed by atoms with Gasteiger partial charge in [0.05, 0.1) is 17.1 Å². The maximum atomic E-state index is 11.9. The number of aromatic nitrogens is 3. The zero-order chi connectivity index (χ0) is 22.0. The fraction of sp³-hybridized carbons (Fsp3) is 0.435. The Balaban J connectivity index is 1.47. The molecule has 7 nitrogen and oxygen atoms in total. The number of rotatable bonds is 7. The largest absolute Gasteiger partial charge is 0.441 e. The maximum Gasteiger partial charge on any atom is 0.226 e. The fourth-order valence-corrected chi connectivity index (χ4v) is 4.67. The summed E-state index contributed by atoms with van der Waals surface area (Å²) in [6, 6.07) is 11.5. The summed E-state index contributed by atoms with van der Waals surface area (Å²) in [5.74, 6) is 1.48. The standard InChI is InChI=1S/C23H28N4O3S/c1-4-31(28,29)22-12-11-21(25-26-22)18-7-9-19(10-8-18)23-24-20(17(3)30-23)13-15-27-14-5-6-16(27)2/h7-12,16H,4-6,13-15H2,1-3H3. The molecule has 0 aliphatic carbocycles. The van der Waals surface area contributed by atoms with Gasteiger partial charge in [0.1, 0.15) is 5.76 Å². The van der Waals surface area contributed by atoms with Crippen molar-refractivity contribution in [3.8, 4) is 22.7 Å². The van der Waals surface area contributed by atoms with Crippen LogP contribution < -0.4 is 0 Å². The summed E-state index contributed by atoms with van der Waals surface area (Å²) in [6.07, 6.45) is 3.44. The number of aryl methyl sites for hydroxylation is 1.